The Labute approximate surface area is 136 Å². The van der Waals surface area contributed by atoms with E-state index >= 15 is 0 Å². The maximum absolute atomic E-state index is 13.3. The highest BCUT2D eigenvalue weighted by molar-refractivity contribution is 5.93. The first-order chi connectivity index (χ1) is 11.1. The molecule has 6 nitrogen and oxygen atoms in total. The molecule has 0 aromatic carbocycles. The second-order valence-corrected chi connectivity index (χ2v) is 5.83. The minimum absolute atomic E-state index is 0.00396. The Balaban J connectivity index is 2.32. The minimum Gasteiger partial charge on any atom is -0.352 e. The summed E-state index contributed by atoms with van der Waals surface area (Å²) in [7, 11) is 1.49. The summed E-state index contributed by atoms with van der Waals surface area (Å²) >= 11 is 0. The maximum Gasteiger partial charge on any atom is 0.408 e. The van der Waals surface area contributed by atoms with Gasteiger partial charge in [-0.3, -0.25) is 9.59 Å². The van der Waals surface area contributed by atoms with Gasteiger partial charge in [-0.1, -0.05) is 0 Å². The summed E-state index contributed by atoms with van der Waals surface area (Å²) in [6.45, 7) is 1.05. The number of alkyl halides is 3. The van der Waals surface area contributed by atoms with Gasteiger partial charge in [0.25, 0.3) is 5.91 Å². The number of aromatic nitrogens is 1. The predicted molar refractivity (Wildman–Crippen MR) is 77.8 cm³/mol. The lowest BCUT2D eigenvalue weighted by Gasteiger charge is -2.40. The van der Waals surface area contributed by atoms with Crippen molar-refractivity contribution in [3.8, 4) is 6.07 Å². The van der Waals surface area contributed by atoms with E-state index in [1.165, 1.54) is 30.8 Å². The third-order valence-electron chi connectivity index (χ3n) is 3.98. The average Bonchev–Trinajstić information content (AvgIpc) is 2.85. The number of nitrogens with one attached hydrogen (secondary N) is 1. The smallest absolute Gasteiger partial charge is 0.352 e. The van der Waals surface area contributed by atoms with Crippen LogP contribution in [0.2, 0.25) is 0 Å². The van der Waals surface area contributed by atoms with Gasteiger partial charge in [0.15, 0.2) is 0 Å². The van der Waals surface area contributed by atoms with Crippen LogP contribution in [0.5, 0.6) is 0 Å². The van der Waals surface area contributed by atoms with Crippen LogP contribution in [0.4, 0.5) is 13.2 Å². The van der Waals surface area contributed by atoms with E-state index in [0.717, 1.165) is 4.90 Å². The van der Waals surface area contributed by atoms with Gasteiger partial charge in [0.2, 0.25) is 5.91 Å². The molecule has 1 fully saturated rings. The summed E-state index contributed by atoms with van der Waals surface area (Å²) < 4.78 is 41.2. The Morgan fingerprint density at radius 2 is 2.04 bits per heavy atom. The molecule has 2 heterocycles. The first-order valence-electron chi connectivity index (χ1n) is 7.34. The number of rotatable bonds is 2. The molecule has 0 aliphatic carbocycles. The van der Waals surface area contributed by atoms with Gasteiger partial charge in [-0.15, -0.1) is 0 Å². The van der Waals surface area contributed by atoms with E-state index in [1.807, 2.05) is 6.07 Å². The largest absolute Gasteiger partial charge is 0.408 e. The molecule has 2 unspecified atom stereocenters. The van der Waals surface area contributed by atoms with Crippen LogP contribution in [0.15, 0.2) is 12.3 Å². The van der Waals surface area contributed by atoms with E-state index in [0.29, 0.717) is 0 Å². The molecule has 24 heavy (non-hydrogen) atoms. The first kappa shape index (κ1) is 17.8. The Morgan fingerprint density at radius 3 is 2.54 bits per heavy atom. The molecule has 1 saturated heterocycles. The normalized spacial score (nSPS) is 21.2. The maximum atomic E-state index is 13.3. The summed E-state index contributed by atoms with van der Waals surface area (Å²) in [6.07, 6.45) is -3.31. The van der Waals surface area contributed by atoms with Crippen LogP contribution < -0.4 is 5.32 Å². The van der Waals surface area contributed by atoms with Gasteiger partial charge in [-0.25, -0.2) is 0 Å². The Hall–Kier alpha value is -2.50. The van der Waals surface area contributed by atoms with Crippen molar-refractivity contribution in [2.75, 3.05) is 6.54 Å². The van der Waals surface area contributed by atoms with Crippen LogP contribution in [0.1, 0.15) is 35.8 Å². The van der Waals surface area contributed by atoms with E-state index in [4.69, 9.17) is 5.26 Å². The van der Waals surface area contributed by atoms with Crippen LogP contribution in [-0.2, 0) is 11.8 Å². The molecule has 1 aliphatic rings. The molecule has 2 amide bonds. The quantitative estimate of drug-likeness (QED) is 0.886. The number of aryl methyl sites for hydroxylation is 1. The average molecular weight is 342 g/mol. The zero-order chi connectivity index (χ0) is 18.1. The summed E-state index contributed by atoms with van der Waals surface area (Å²) in [6, 6.07) is 0.679. The second kappa shape index (κ2) is 6.55. The fourth-order valence-electron chi connectivity index (χ4n) is 2.93. The molecule has 0 spiro atoms. The van der Waals surface area contributed by atoms with Gasteiger partial charge in [0.1, 0.15) is 17.8 Å². The molecule has 1 aromatic rings. The number of hydrogen-bond donors (Lipinski definition) is 1. The lowest BCUT2D eigenvalue weighted by molar-refractivity contribution is -0.184. The highest BCUT2D eigenvalue weighted by Gasteiger charge is 2.48. The molecule has 1 aliphatic heterocycles. The van der Waals surface area contributed by atoms with Gasteiger partial charge in [-0.05, 0) is 18.9 Å². The molecule has 0 bridgehead atoms. The fraction of sp³-hybridized carbons (Fsp3) is 0.533. The molecule has 9 heteroatoms. The standard InChI is InChI=1S/C15H17F3N4O2/c1-9(23)20-11-3-4-13(15(16,17)18)22(8-11)14(24)12-5-10(6-19)7-21(12)2/h5,7,11,13H,3-4,8H2,1-2H3,(H,20,23). The van der Waals surface area contributed by atoms with E-state index in [-0.39, 0.29) is 36.6 Å². The topological polar surface area (TPSA) is 78.1 Å². The van der Waals surface area contributed by atoms with Crippen LogP contribution in [0.3, 0.4) is 0 Å². The number of nitriles is 1. The van der Waals surface area contributed by atoms with E-state index in [9.17, 15) is 22.8 Å². The Kier molecular flexibility index (Phi) is 4.87. The molecular formula is C15H17F3N4O2. The Bertz CT molecular complexity index is 690. The van der Waals surface area contributed by atoms with Crippen molar-refractivity contribution < 1.29 is 22.8 Å². The lowest BCUT2D eigenvalue weighted by Crippen LogP contribution is -2.58. The van der Waals surface area contributed by atoms with Crippen LogP contribution in [0, 0.1) is 11.3 Å². The lowest BCUT2D eigenvalue weighted by atomic mass is 9.97. The number of amides is 2. The molecule has 1 N–H and O–H groups in total. The molecule has 0 radical (unpaired) electrons. The SMILES string of the molecule is CC(=O)NC1CCC(C(F)(F)F)N(C(=O)c2cc(C#N)cn2C)C1. The van der Waals surface area contributed by atoms with Crippen LogP contribution in [-0.4, -0.2) is 46.1 Å². The third kappa shape index (κ3) is 3.69. The Morgan fingerprint density at radius 1 is 1.38 bits per heavy atom. The van der Waals surface area contributed by atoms with Gasteiger partial charge in [-0.2, -0.15) is 18.4 Å². The van der Waals surface area contributed by atoms with Gasteiger partial charge < -0.3 is 14.8 Å². The number of carbonyl (C=O) groups is 2. The fourth-order valence-corrected chi connectivity index (χ4v) is 2.93. The van der Waals surface area contributed by atoms with Gasteiger partial charge in [0.05, 0.1) is 5.56 Å². The number of piperidine rings is 1. The summed E-state index contributed by atoms with van der Waals surface area (Å²) in [4.78, 5) is 24.5. The van der Waals surface area contributed by atoms with Crippen molar-refractivity contribution >= 4 is 11.8 Å². The number of likely N-dealkylation sites (tertiary alicyclic amines) is 1. The third-order valence-corrected chi connectivity index (χ3v) is 3.98. The number of nitrogens with zero attached hydrogens (tertiary/aromatic N) is 3. The molecule has 0 saturated carbocycles. The highest BCUT2D eigenvalue weighted by atomic mass is 19.4. The van der Waals surface area contributed by atoms with Crippen molar-refractivity contribution in [1.29, 1.82) is 5.26 Å². The molecule has 2 rings (SSSR count). The number of halogens is 3. The zero-order valence-corrected chi connectivity index (χ0v) is 13.2. The summed E-state index contributed by atoms with van der Waals surface area (Å²) in [5.74, 6) is -1.17. The molecule has 1 aromatic heterocycles. The van der Waals surface area contributed by atoms with Crippen molar-refractivity contribution in [3.05, 3.63) is 23.5 Å². The van der Waals surface area contributed by atoms with E-state index in [1.54, 1.807) is 0 Å². The first-order valence-corrected chi connectivity index (χ1v) is 7.34. The van der Waals surface area contributed by atoms with Crippen LogP contribution >= 0.6 is 0 Å². The second-order valence-electron chi connectivity index (χ2n) is 5.83. The van der Waals surface area contributed by atoms with Crippen molar-refractivity contribution in [3.63, 3.8) is 0 Å². The number of carbonyl (C=O) groups excluding carboxylic acids is 2. The molecular weight excluding hydrogens is 325 g/mol. The van der Waals surface area contributed by atoms with Gasteiger partial charge in [0, 0.05) is 32.8 Å². The monoisotopic (exact) mass is 342 g/mol. The molecule has 130 valence electrons. The zero-order valence-electron chi connectivity index (χ0n) is 13.2. The van der Waals surface area contributed by atoms with E-state index in [2.05, 4.69) is 5.32 Å². The van der Waals surface area contributed by atoms with Crippen LogP contribution in [0.25, 0.3) is 0 Å². The van der Waals surface area contributed by atoms with Crippen molar-refractivity contribution in [2.24, 2.45) is 7.05 Å². The van der Waals surface area contributed by atoms with Crippen molar-refractivity contribution in [1.82, 2.24) is 14.8 Å². The minimum atomic E-state index is -4.56. The van der Waals surface area contributed by atoms with E-state index < -0.39 is 24.2 Å². The predicted octanol–water partition coefficient (Wildman–Crippen LogP) is 1.57. The highest BCUT2D eigenvalue weighted by Crippen LogP contribution is 2.33. The number of hydrogen-bond acceptors (Lipinski definition) is 3. The van der Waals surface area contributed by atoms with Crippen molar-refractivity contribution in [2.45, 2.75) is 38.0 Å². The van der Waals surface area contributed by atoms with Gasteiger partial charge >= 0.3 is 6.18 Å². The summed E-state index contributed by atoms with van der Waals surface area (Å²) in [5.41, 5.74) is 0.198. The summed E-state index contributed by atoms with van der Waals surface area (Å²) in [5, 5.41) is 11.4. The molecule has 2 atom stereocenters.